The van der Waals surface area contributed by atoms with Crippen LogP contribution in [-0.2, 0) is 19.4 Å². The van der Waals surface area contributed by atoms with Crippen molar-refractivity contribution in [2.75, 3.05) is 12.4 Å². The SMILES string of the molecule is CCOC(=O)C1=C(CS(=O)(=O)c2ccc(C)cc2)NC(=O)N[C@H]1c1cccc(Cl)c1. The molecule has 0 aromatic heterocycles. The fourth-order valence-corrected chi connectivity index (χ4v) is 4.66. The number of carbonyl (C=O) groups excluding carboxylic acids is 2. The van der Waals surface area contributed by atoms with E-state index in [1.165, 1.54) is 12.1 Å². The summed E-state index contributed by atoms with van der Waals surface area (Å²) in [4.78, 5) is 25.1. The van der Waals surface area contributed by atoms with Crippen LogP contribution in [-0.4, -0.2) is 32.8 Å². The first-order chi connectivity index (χ1) is 14.2. The zero-order chi connectivity index (χ0) is 21.9. The number of hydrogen-bond donors (Lipinski definition) is 2. The number of urea groups is 1. The number of nitrogens with one attached hydrogen (secondary N) is 2. The highest BCUT2D eigenvalue weighted by Crippen LogP contribution is 2.30. The molecule has 1 atom stereocenters. The van der Waals surface area contributed by atoms with Gasteiger partial charge < -0.3 is 15.4 Å². The summed E-state index contributed by atoms with van der Waals surface area (Å²) in [5, 5.41) is 5.54. The Bertz CT molecular complexity index is 1110. The minimum absolute atomic E-state index is 0.0226. The van der Waals surface area contributed by atoms with Crippen LogP contribution >= 0.6 is 11.6 Å². The standard InChI is InChI=1S/C21H21ClN2O5S/c1-3-29-20(25)18-17(12-30(27,28)16-9-7-13(2)8-10-16)23-21(26)24-19(18)14-5-4-6-15(22)11-14/h4-11,19H,3,12H2,1-2H3,(H2,23,24,26)/t19-/m0/s1. The first kappa shape index (κ1) is 21.9. The Morgan fingerprint density at radius 2 is 1.87 bits per heavy atom. The number of rotatable bonds is 6. The van der Waals surface area contributed by atoms with E-state index in [4.69, 9.17) is 16.3 Å². The second-order valence-electron chi connectivity index (χ2n) is 6.77. The lowest BCUT2D eigenvalue weighted by Gasteiger charge is -2.29. The van der Waals surface area contributed by atoms with Crippen LogP contribution in [0, 0.1) is 6.92 Å². The van der Waals surface area contributed by atoms with Gasteiger partial charge in [0.2, 0.25) is 0 Å². The highest BCUT2D eigenvalue weighted by Gasteiger charge is 2.35. The third-order valence-electron chi connectivity index (χ3n) is 4.55. The van der Waals surface area contributed by atoms with E-state index < -0.39 is 33.6 Å². The lowest BCUT2D eigenvalue weighted by molar-refractivity contribution is -0.139. The number of amides is 2. The molecule has 7 nitrogen and oxygen atoms in total. The molecule has 0 fully saturated rings. The second kappa shape index (κ2) is 8.89. The molecule has 0 radical (unpaired) electrons. The van der Waals surface area contributed by atoms with Crippen molar-refractivity contribution in [3.8, 4) is 0 Å². The Balaban J connectivity index is 2.10. The summed E-state index contributed by atoms with van der Waals surface area (Å²) >= 11 is 6.07. The van der Waals surface area contributed by atoms with Gasteiger partial charge in [0, 0.05) is 10.7 Å². The number of hydrogen-bond acceptors (Lipinski definition) is 5. The third kappa shape index (κ3) is 4.83. The highest BCUT2D eigenvalue weighted by atomic mass is 35.5. The Morgan fingerprint density at radius 3 is 2.50 bits per heavy atom. The Morgan fingerprint density at radius 1 is 1.17 bits per heavy atom. The zero-order valence-corrected chi connectivity index (χ0v) is 18.0. The predicted octanol–water partition coefficient (Wildman–Crippen LogP) is 3.29. The molecule has 9 heteroatoms. The summed E-state index contributed by atoms with van der Waals surface area (Å²) < 4.78 is 31.1. The first-order valence-electron chi connectivity index (χ1n) is 9.24. The van der Waals surface area contributed by atoms with Gasteiger partial charge in [0.15, 0.2) is 9.84 Å². The van der Waals surface area contributed by atoms with Crippen LogP contribution in [0.5, 0.6) is 0 Å². The van der Waals surface area contributed by atoms with E-state index in [1.807, 2.05) is 6.92 Å². The van der Waals surface area contributed by atoms with Gasteiger partial charge in [-0.25, -0.2) is 18.0 Å². The maximum absolute atomic E-state index is 13.0. The smallest absolute Gasteiger partial charge is 0.338 e. The summed E-state index contributed by atoms with van der Waals surface area (Å²) in [6.45, 7) is 3.58. The average molecular weight is 449 g/mol. The third-order valence-corrected chi connectivity index (χ3v) is 6.44. The van der Waals surface area contributed by atoms with E-state index in [-0.39, 0.29) is 22.8 Å². The van der Waals surface area contributed by atoms with E-state index >= 15 is 0 Å². The molecule has 0 saturated heterocycles. The van der Waals surface area contributed by atoms with E-state index in [0.717, 1.165) is 5.56 Å². The lowest BCUT2D eigenvalue weighted by Crippen LogP contribution is -2.47. The zero-order valence-electron chi connectivity index (χ0n) is 16.4. The van der Waals surface area contributed by atoms with Gasteiger partial charge in [-0.3, -0.25) is 0 Å². The molecule has 0 aliphatic carbocycles. The van der Waals surface area contributed by atoms with Gasteiger partial charge in [0.25, 0.3) is 0 Å². The van der Waals surface area contributed by atoms with Crippen molar-refractivity contribution in [3.63, 3.8) is 0 Å². The summed E-state index contributed by atoms with van der Waals surface area (Å²) in [5.74, 6) is -1.28. The van der Waals surface area contributed by atoms with Crippen molar-refractivity contribution in [2.45, 2.75) is 24.8 Å². The number of esters is 1. The van der Waals surface area contributed by atoms with Crippen molar-refractivity contribution < 1.29 is 22.7 Å². The van der Waals surface area contributed by atoms with Crippen molar-refractivity contribution in [3.05, 3.63) is 76.0 Å². The average Bonchev–Trinajstić information content (AvgIpc) is 2.67. The Hall–Kier alpha value is -2.84. The van der Waals surface area contributed by atoms with Gasteiger partial charge in [0.05, 0.1) is 28.9 Å². The van der Waals surface area contributed by atoms with Crippen LogP contribution in [0.4, 0.5) is 4.79 Å². The Labute approximate surface area is 180 Å². The van der Waals surface area contributed by atoms with Crippen molar-refractivity contribution in [1.29, 1.82) is 0 Å². The van der Waals surface area contributed by atoms with Crippen LogP contribution in [0.3, 0.4) is 0 Å². The van der Waals surface area contributed by atoms with Crippen molar-refractivity contribution >= 4 is 33.4 Å². The number of sulfone groups is 1. The molecule has 1 aliphatic heterocycles. The largest absolute Gasteiger partial charge is 0.463 e. The molecule has 2 aromatic carbocycles. The molecule has 30 heavy (non-hydrogen) atoms. The van der Waals surface area contributed by atoms with Gasteiger partial charge in [-0.1, -0.05) is 41.4 Å². The quantitative estimate of drug-likeness (QED) is 0.660. The van der Waals surface area contributed by atoms with Crippen LogP contribution in [0.2, 0.25) is 5.02 Å². The molecule has 3 rings (SSSR count). The summed E-state index contributed by atoms with van der Waals surface area (Å²) in [7, 11) is -3.83. The van der Waals surface area contributed by atoms with Crippen LogP contribution in [0.1, 0.15) is 24.1 Å². The number of halogens is 1. The predicted molar refractivity (Wildman–Crippen MR) is 113 cm³/mol. The van der Waals surface area contributed by atoms with E-state index in [0.29, 0.717) is 10.6 Å². The number of aryl methyl sites for hydroxylation is 1. The van der Waals surface area contributed by atoms with Crippen molar-refractivity contribution in [1.82, 2.24) is 10.6 Å². The molecule has 0 bridgehead atoms. The lowest BCUT2D eigenvalue weighted by atomic mass is 9.95. The molecule has 2 N–H and O–H groups in total. The van der Waals surface area contributed by atoms with Crippen LogP contribution in [0.15, 0.2) is 64.7 Å². The number of ether oxygens (including phenoxy) is 1. The summed E-state index contributed by atoms with van der Waals surface area (Å²) in [6.07, 6.45) is 0. The maximum Gasteiger partial charge on any atom is 0.338 e. The molecule has 2 amide bonds. The van der Waals surface area contributed by atoms with E-state index in [2.05, 4.69) is 10.6 Å². The molecule has 0 saturated carbocycles. The van der Waals surface area contributed by atoms with E-state index in [9.17, 15) is 18.0 Å². The molecule has 158 valence electrons. The molecule has 0 spiro atoms. The highest BCUT2D eigenvalue weighted by molar-refractivity contribution is 7.91. The van der Waals surface area contributed by atoms with Gasteiger partial charge in [0.1, 0.15) is 0 Å². The van der Waals surface area contributed by atoms with Gasteiger partial charge in [-0.15, -0.1) is 0 Å². The van der Waals surface area contributed by atoms with Gasteiger partial charge in [-0.05, 0) is 43.7 Å². The van der Waals surface area contributed by atoms with E-state index in [1.54, 1.807) is 43.3 Å². The van der Waals surface area contributed by atoms with Gasteiger partial charge in [-0.2, -0.15) is 0 Å². The van der Waals surface area contributed by atoms with Crippen LogP contribution in [0.25, 0.3) is 0 Å². The second-order valence-corrected chi connectivity index (χ2v) is 9.20. The number of carbonyl (C=O) groups is 2. The monoisotopic (exact) mass is 448 g/mol. The van der Waals surface area contributed by atoms with Crippen LogP contribution < -0.4 is 10.6 Å². The summed E-state index contributed by atoms with van der Waals surface area (Å²) in [5.41, 5.74) is 1.44. The molecule has 1 aliphatic rings. The minimum atomic E-state index is -3.83. The molecular formula is C21H21ClN2O5S. The molecule has 1 heterocycles. The minimum Gasteiger partial charge on any atom is -0.463 e. The molecular weight excluding hydrogens is 428 g/mol. The number of benzene rings is 2. The van der Waals surface area contributed by atoms with Gasteiger partial charge >= 0.3 is 12.0 Å². The topological polar surface area (TPSA) is 102 Å². The van der Waals surface area contributed by atoms with Crippen molar-refractivity contribution in [2.24, 2.45) is 0 Å². The first-order valence-corrected chi connectivity index (χ1v) is 11.3. The fraction of sp³-hybridized carbons (Fsp3) is 0.238. The molecule has 0 unspecified atom stereocenters. The summed E-state index contributed by atoms with van der Waals surface area (Å²) in [6, 6.07) is 11.5. The normalized spacial score (nSPS) is 16.6. The Kier molecular flexibility index (Phi) is 6.48. The maximum atomic E-state index is 13.0. The fourth-order valence-electron chi connectivity index (χ4n) is 3.14. The molecule has 2 aromatic rings.